The summed E-state index contributed by atoms with van der Waals surface area (Å²) in [7, 11) is 0. The van der Waals surface area contributed by atoms with E-state index in [-0.39, 0.29) is 0 Å². The summed E-state index contributed by atoms with van der Waals surface area (Å²) in [5, 5.41) is 0. The summed E-state index contributed by atoms with van der Waals surface area (Å²) in [5.41, 5.74) is 28.2. The average molecular weight is 926 g/mol. The first-order chi connectivity index (χ1) is 36.2. The Bertz CT molecular complexity index is 4010. The number of nitrogens with zero attached hydrogens (tertiary/aromatic N) is 1. The molecule has 2 aliphatic carbocycles. The summed E-state index contributed by atoms with van der Waals surface area (Å²) in [6.07, 6.45) is 0. The van der Waals surface area contributed by atoms with Crippen LogP contribution in [0.1, 0.15) is 22.3 Å². The van der Waals surface area contributed by atoms with Gasteiger partial charge in [0.1, 0.15) is 0 Å². The molecule has 0 bridgehead atoms. The van der Waals surface area contributed by atoms with Crippen LogP contribution in [0.3, 0.4) is 0 Å². The van der Waals surface area contributed by atoms with E-state index in [0.717, 1.165) is 44.8 Å². The van der Waals surface area contributed by atoms with Gasteiger partial charge in [-0.25, -0.2) is 4.98 Å². The topological polar surface area (TPSA) is 12.9 Å². The molecule has 2 aliphatic rings. The first-order valence-corrected chi connectivity index (χ1v) is 25.3. The van der Waals surface area contributed by atoms with Gasteiger partial charge in [-0.1, -0.05) is 243 Å². The number of fused-ring (bicyclic) bond motifs is 10. The van der Waals surface area contributed by atoms with Gasteiger partial charge < -0.3 is 0 Å². The lowest BCUT2D eigenvalue weighted by molar-refractivity contribution is 0.794. The number of rotatable bonds is 8. The summed E-state index contributed by atoms with van der Waals surface area (Å²) in [5.74, 6) is 0. The summed E-state index contributed by atoms with van der Waals surface area (Å²) in [6.45, 7) is 0. The average Bonchev–Trinajstić information content (AvgIpc) is 4.05. The van der Waals surface area contributed by atoms with Crippen molar-refractivity contribution in [3.05, 3.63) is 307 Å². The molecule has 0 aliphatic heterocycles. The molecular formula is C72H47N. The van der Waals surface area contributed by atoms with Crippen LogP contribution in [-0.4, -0.2) is 4.98 Å². The van der Waals surface area contributed by atoms with Gasteiger partial charge in [0.2, 0.25) is 0 Å². The van der Waals surface area contributed by atoms with Crippen LogP contribution in [0.2, 0.25) is 0 Å². The number of hydrogen-bond donors (Lipinski definition) is 0. The summed E-state index contributed by atoms with van der Waals surface area (Å²) < 4.78 is 0. The zero-order chi connectivity index (χ0) is 48.3. The van der Waals surface area contributed by atoms with Crippen LogP contribution in [0.4, 0.5) is 0 Å². The highest BCUT2D eigenvalue weighted by Crippen LogP contribution is 2.63. The molecule has 73 heavy (non-hydrogen) atoms. The van der Waals surface area contributed by atoms with Crippen molar-refractivity contribution in [3.8, 4) is 112 Å². The molecule has 0 radical (unpaired) electrons. The highest BCUT2D eigenvalue weighted by atomic mass is 14.7. The van der Waals surface area contributed by atoms with Gasteiger partial charge in [0.25, 0.3) is 0 Å². The molecule has 1 heteroatoms. The van der Waals surface area contributed by atoms with Gasteiger partial charge in [-0.15, -0.1) is 0 Å². The minimum atomic E-state index is -0.460. The third-order valence-electron chi connectivity index (χ3n) is 15.3. The predicted molar refractivity (Wildman–Crippen MR) is 304 cm³/mol. The molecule has 0 saturated carbocycles. The molecule has 0 saturated heterocycles. The Morgan fingerprint density at radius 1 is 0.178 bits per heavy atom. The Hall–Kier alpha value is -9.43. The maximum Gasteiger partial charge on any atom is 0.0725 e. The van der Waals surface area contributed by atoms with Crippen molar-refractivity contribution in [3.63, 3.8) is 0 Å². The number of aromatic nitrogens is 1. The Balaban J connectivity index is 0.929. The fourth-order valence-electron chi connectivity index (χ4n) is 11.9. The second-order valence-electron chi connectivity index (χ2n) is 19.4. The quantitative estimate of drug-likeness (QED) is 0.148. The molecule has 1 heterocycles. The lowest BCUT2D eigenvalue weighted by atomic mass is 9.70. The zero-order valence-electron chi connectivity index (χ0n) is 40.1. The lowest BCUT2D eigenvalue weighted by Gasteiger charge is -2.31. The fraction of sp³-hybridized carbons (Fsp3) is 0.0139. The Kier molecular flexibility index (Phi) is 10.2. The van der Waals surface area contributed by atoms with Gasteiger partial charge in [-0.05, 0) is 154 Å². The second-order valence-corrected chi connectivity index (χ2v) is 19.4. The van der Waals surface area contributed by atoms with Crippen molar-refractivity contribution in [2.75, 3.05) is 0 Å². The van der Waals surface area contributed by atoms with E-state index in [4.69, 9.17) is 4.98 Å². The SMILES string of the molecule is c1ccc(-c2ccc(-c3cc4c(cc3-c3cccc(-c5cccc(-c6cc(-c7cccc(-c8ccccc8)c7)cc(-c7ccccc7)n6)c5)c3)C3(c5ccccc5-c5ccccc53)c3ccccc3-4)cc2)cc1. The van der Waals surface area contributed by atoms with Gasteiger partial charge >= 0.3 is 0 Å². The third kappa shape index (κ3) is 7.12. The van der Waals surface area contributed by atoms with Gasteiger partial charge in [0, 0.05) is 11.1 Å². The Morgan fingerprint density at radius 3 is 1.11 bits per heavy atom. The van der Waals surface area contributed by atoms with E-state index in [0.29, 0.717) is 0 Å². The molecule has 0 atom stereocenters. The van der Waals surface area contributed by atoms with Crippen molar-refractivity contribution in [1.29, 1.82) is 0 Å². The molecule has 1 spiro atoms. The van der Waals surface area contributed by atoms with Crippen LogP contribution in [-0.2, 0) is 5.41 Å². The van der Waals surface area contributed by atoms with Crippen LogP contribution in [0.25, 0.3) is 112 Å². The monoisotopic (exact) mass is 925 g/mol. The maximum atomic E-state index is 5.37. The normalized spacial score (nSPS) is 12.5. The van der Waals surface area contributed by atoms with Gasteiger partial charge in [0.05, 0.1) is 16.8 Å². The smallest absolute Gasteiger partial charge is 0.0725 e. The largest absolute Gasteiger partial charge is 0.248 e. The van der Waals surface area contributed by atoms with E-state index in [1.807, 2.05) is 0 Å². The summed E-state index contributed by atoms with van der Waals surface area (Å²) in [6, 6.07) is 105. The van der Waals surface area contributed by atoms with Gasteiger partial charge in [-0.2, -0.15) is 0 Å². The van der Waals surface area contributed by atoms with E-state index < -0.39 is 5.41 Å². The molecule has 0 N–H and O–H groups in total. The summed E-state index contributed by atoms with van der Waals surface area (Å²) in [4.78, 5) is 5.37. The predicted octanol–water partition coefficient (Wildman–Crippen LogP) is 18.8. The van der Waals surface area contributed by atoms with Crippen molar-refractivity contribution in [2.45, 2.75) is 5.41 Å². The number of pyridine rings is 1. The molecule has 340 valence electrons. The Morgan fingerprint density at radius 2 is 0.534 bits per heavy atom. The van der Waals surface area contributed by atoms with Crippen molar-refractivity contribution in [2.24, 2.45) is 0 Å². The molecule has 1 aromatic heterocycles. The van der Waals surface area contributed by atoms with E-state index in [9.17, 15) is 0 Å². The van der Waals surface area contributed by atoms with E-state index in [1.54, 1.807) is 0 Å². The van der Waals surface area contributed by atoms with Crippen LogP contribution < -0.4 is 0 Å². The van der Waals surface area contributed by atoms with Gasteiger partial charge in [-0.3, -0.25) is 0 Å². The molecule has 0 unspecified atom stereocenters. The lowest BCUT2D eigenvalue weighted by Crippen LogP contribution is -2.25. The second kappa shape index (κ2) is 17.5. The van der Waals surface area contributed by atoms with Gasteiger partial charge in [0.15, 0.2) is 0 Å². The standard InChI is InChI=1S/C72H47N/c1-4-19-48(20-5-1)50-37-39-51(40-38-50)63-46-65-62-33-12-15-36-68(62)72(66-34-13-10-31-60(66)61-32-11-14-35-67(61)72)69(65)47-64(63)57-29-17-26-54(42-57)55-27-18-30-58(43-55)71-45-59(44-70(73-71)52-23-8-3-9-24-52)56-28-16-25-53(41-56)49-21-6-2-7-22-49/h1-47H. The highest BCUT2D eigenvalue weighted by Gasteiger charge is 2.51. The molecule has 0 amide bonds. The molecule has 11 aromatic carbocycles. The minimum Gasteiger partial charge on any atom is -0.248 e. The third-order valence-corrected chi connectivity index (χ3v) is 15.3. The van der Waals surface area contributed by atoms with Crippen molar-refractivity contribution in [1.82, 2.24) is 4.98 Å². The first kappa shape index (κ1) is 42.4. The van der Waals surface area contributed by atoms with E-state index >= 15 is 0 Å². The van der Waals surface area contributed by atoms with Crippen LogP contribution in [0.5, 0.6) is 0 Å². The zero-order valence-corrected chi connectivity index (χ0v) is 40.1. The van der Waals surface area contributed by atoms with Crippen molar-refractivity contribution < 1.29 is 0 Å². The molecular weight excluding hydrogens is 879 g/mol. The van der Waals surface area contributed by atoms with E-state index in [1.165, 1.54) is 89.0 Å². The molecule has 12 aromatic rings. The van der Waals surface area contributed by atoms with E-state index in [2.05, 4.69) is 285 Å². The summed E-state index contributed by atoms with van der Waals surface area (Å²) >= 11 is 0. The minimum absolute atomic E-state index is 0.460. The Labute approximate surface area is 427 Å². The van der Waals surface area contributed by atoms with Crippen molar-refractivity contribution >= 4 is 0 Å². The fourth-order valence-corrected chi connectivity index (χ4v) is 11.9. The molecule has 0 fully saturated rings. The number of benzene rings is 11. The number of hydrogen-bond acceptors (Lipinski definition) is 1. The maximum absolute atomic E-state index is 5.37. The van der Waals surface area contributed by atoms with Crippen LogP contribution in [0.15, 0.2) is 285 Å². The highest BCUT2D eigenvalue weighted by molar-refractivity contribution is 5.99. The van der Waals surface area contributed by atoms with Crippen LogP contribution in [0, 0.1) is 0 Å². The molecule has 1 nitrogen and oxygen atoms in total. The van der Waals surface area contributed by atoms with Crippen LogP contribution >= 0.6 is 0 Å². The molecule has 14 rings (SSSR count). The first-order valence-electron chi connectivity index (χ1n) is 25.3.